The van der Waals surface area contributed by atoms with Crippen molar-refractivity contribution in [3.8, 4) is 17.6 Å². The van der Waals surface area contributed by atoms with Crippen LogP contribution in [0.1, 0.15) is 27.5 Å². The molecule has 0 aromatic heterocycles. The summed E-state index contributed by atoms with van der Waals surface area (Å²) >= 11 is 0. The lowest BCUT2D eigenvalue weighted by Gasteiger charge is -2.27. The maximum Gasteiger partial charge on any atom is 0.257 e. The van der Waals surface area contributed by atoms with Gasteiger partial charge in [0.05, 0.1) is 7.11 Å². The topological polar surface area (TPSA) is 65.4 Å². The van der Waals surface area contributed by atoms with Crippen molar-refractivity contribution in [2.45, 2.75) is 6.04 Å². The van der Waals surface area contributed by atoms with Crippen molar-refractivity contribution >= 4 is 11.9 Å². The van der Waals surface area contributed by atoms with E-state index in [1.54, 1.807) is 19.1 Å². The molecule has 3 aromatic carbocycles. The Morgan fingerprint density at radius 2 is 1.68 bits per heavy atom. The van der Waals surface area contributed by atoms with Crippen molar-refractivity contribution in [3.05, 3.63) is 101 Å². The molecule has 0 bridgehead atoms. The molecule has 0 spiro atoms. The number of hydrogen-bond acceptors (Lipinski definition) is 3. The first kappa shape index (κ1) is 21.6. The van der Waals surface area contributed by atoms with Crippen molar-refractivity contribution in [2.24, 2.45) is 0 Å². The minimum absolute atomic E-state index is 0.127. The fourth-order valence-electron chi connectivity index (χ4n) is 2.86. The third-order valence-electron chi connectivity index (χ3n) is 4.64. The summed E-state index contributed by atoms with van der Waals surface area (Å²) < 4.78 is 18.3. The van der Waals surface area contributed by atoms with Crippen molar-refractivity contribution in [3.63, 3.8) is 0 Å². The monoisotopic (exact) mass is 415 g/mol. The first-order chi connectivity index (χ1) is 15.0. The smallest absolute Gasteiger partial charge is 0.257 e. The number of guanidine groups is 1. The zero-order chi connectivity index (χ0) is 22.2. The maximum atomic E-state index is 13.1. The number of methoxy groups -OCH3 is 1. The van der Waals surface area contributed by atoms with Gasteiger partial charge in [0.25, 0.3) is 5.91 Å². The fourth-order valence-corrected chi connectivity index (χ4v) is 2.86. The van der Waals surface area contributed by atoms with Gasteiger partial charge in [-0.15, -0.1) is 0 Å². The van der Waals surface area contributed by atoms with Crippen molar-refractivity contribution in [1.29, 1.82) is 5.41 Å². The molecule has 0 aliphatic heterocycles. The van der Waals surface area contributed by atoms with Gasteiger partial charge < -0.3 is 9.64 Å². The number of amides is 1. The summed E-state index contributed by atoms with van der Waals surface area (Å²) in [6.45, 7) is 0. The average molecular weight is 415 g/mol. The van der Waals surface area contributed by atoms with Gasteiger partial charge >= 0.3 is 0 Å². The third kappa shape index (κ3) is 5.71. The maximum absolute atomic E-state index is 13.1. The van der Waals surface area contributed by atoms with Crippen molar-refractivity contribution < 1.29 is 13.9 Å². The number of carbonyl (C=O) groups is 1. The number of benzene rings is 3. The first-order valence-corrected chi connectivity index (χ1v) is 9.57. The normalized spacial score (nSPS) is 10.9. The number of halogens is 1. The van der Waals surface area contributed by atoms with E-state index < -0.39 is 17.8 Å². The van der Waals surface area contributed by atoms with Crippen molar-refractivity contribution in [1.82, 2.24) is 10.2 Å². The predicted octanol–water partition coefficient (Wildman–Crippen LogP) is 4.22. The molecule has 2 N–H and O–H groups in total. The molecule has 0 saturated carbocycles. The van der Waals surface area contributed by atoms with Gasteiger partial charge in [-0.3, -0.25) is 15.5 Å². The van der Waals surface area contributed by atoms with Gasteiger partial charge in [-0.05, 0) is 54.1 Å². The average Bonchev–Trinajstić information content (AvgIpc) is 2.80. The van der Waals surface area contributed by atoms with Gasteiger partial charge in [0.2, 0.25) is 0 Å². The summed E-state index contributed by atoms with van der Waals surface area (Å²) in [5.41, 5.74) is 1.94. The van der Waals surface area contributed by atoms with Gasteiger partial charge in [-0.1, -0.05) is 42.2 Å². The quantitative estimate of drug-likeness (QED) is 0.381. The van der Waals surface area contributed by atoms with Crippen LogP contribution in [0.3, 0.4) is 0 Å². The Kier molecular flexibility index (Phi) is 7.02. The van der Waals surface area contributed by atoms with Gasteiger partial charge in [-0.25, -0.2) is 4.39 Å². The van der Waals surface area contributed by atoms with E-state index in [0.29, 0.717) is 5.75 Å². The van der Waals surface area contributed by atoms with Crippen molar-refractivity contribution in [2.75, 3.05) is 14.2 Å². The van der Waals surface area contributed by atoms with E-state index in [-0.39, 0.29) is 11.5 Å². The number of carbonyl (C=O) groups excluding carboxylic acids is 1. The summed E-state index contributed by atoms with van der Waals surface area (Å²) in [5.74, 6) is 5.96. The van der Waals surface area contributed by atoms with Crippen LogP contribution in [0.4, 0.5) is 4.39 Å². The molecule has 0 aliphatic rings. The molecule has 1 unspecified atom stereocenters. The van der Waals surface area contributed by atoms with Gasteiger partial charge in [0.1, 0.15) is 17.6 Å². The largest absolute Gasteiger partial charge is 0.497 e. The first-order valence-electron chi connectivity index (χ1n) is 9.57. The molecule has 1 amide bonds. The summed E-state index contributed by atoms with van der Waals surface area (Å²) in [4.78, 5) is 14.0. The Labute approximate surface area is 181 Å². The minimum Gasteiger partial charge on any atom is -0.497 e. The van der Waals surface area contributed by atoms with E-state index in [2.05, 4.69) is 17.2 Å². The Hall–Kier alpha value is -4.11. The summed E-state index contributed by atoms with van der Waals surface area (Å²) in [7, 11) is 3.27. The predicted molar refractivity (Wildman–Crippen MR) is 118 cm³/mol. The summed E-state index contributed by atoms with van der Waals surface area (Å²) in [5, 5.41) is 10.9. The van der Waals surface area contributed by atoms with Crippen LogP contribution in [0.5, 0.6) is 5.75 Å². The fraction of sp³-hybridized carbons (Fsp3) is 0.120. The molecule has 0 aliphatic carbocycles. The van der Waals surface area contributed by atoms with Gasteiger partial charge in [0.15, 0.2) is 5.96 Å². The van der Waals surface area contributed by atoms with Crippen LogP contribution >= 0.6 is 0 Å². The highest BCUT2D eigenvalue weighted by atomic mass is 19.1. The molecule has 1 atom stereocenters. The Morgan fingerprint density at radius 3 is 2.29 bits per heavy atom. The molecule has 0 fully saturated rings. The van der Waals surface area contributed by atoms with Gasteiger partial charge in [-0.2, -0.15) is 0 Å². The number of hydrogen-bond donors (Lipinski definition) is 2. The van der Waals surface area contributed by atoms with Crippen LogP contribution in [-0.2, 0) is 0 Å². The molecule has 3 aromatic rings. The molecule has 156 valence electrons. The Balaban J connectivity index is 1.84. The second-order valence-electron chi connectivity index (χ2n) is 6.73. The van der Waals surface area contributed by atoms with E-state index in [1.165, 1.54) is 24.3 Å². The number of ether oxygens (including phenoxy) is 1. The molecule has 0 radical (unpaired) electrons. The van der Waals surface area contributed by atoms with Crippen LogP contribution in [-0.4, -0.2) is 30.9 Å². The molecule has 31 heavy (non-hydrogen) atoms. The number of nitrogens with one attached hydrogen (secondary N) is 2. The molecular weight excluding hydrogens is 393 g/mol. The zero-order valence-corrected chi connectivity index (χ0v) is 17.2. The highest BCUT2D eigenvalue weighted by molar-refractivity contribution is 6.04. The summed E-state index contributed by atoms with van der Waals surface area (Å²) in [6, 6.07) is 21.6. The van der Waals surface area contributed by atoms with E-state index in [0.717, 1.165) is 11.1 Å². The lowest BCUT2D eigenvalue weighted by molar-refractivity contribution is 0.0971. The van der Waals surface area contributed by atoms with Crippen LogP contribution in [0, 0.1) is 23.1 Å². The molecule has 5 nitrogen and oxygen atoms in total. The lowest BCUT2D eigenvalue weighted by atomic mass is 10.1. The third-order valence-corrected chi connectivity index (χ3v) is 4.64. The lowest BCUT2D eigenvalue weighted by Crippen LogP contribution is -2.42. The number of nitrogens with zero attached hydrogens (tertiary/aromatic N) is 1. The Morgan fingerprint density at radius 1 is 1.03 bits per heavy atom. The second-order valence-corrected chi connectivity index (χ2v) is 6.73. The van der Waals surface area contributed by atoms with E-state index in [4.69, 9.17) is 10.1 Å². The second kappa shape index (κ2) is 10.1. The Bertz CT molecular complexity index is 1100. The highest BCUT2D eigenvalue weighted by Gasteiger charge is 2.20. The highest BCUT2D eigenvalue weighted by Crippen LogP contribution is 2.22. The molecule has 3 rings (SSSR count). The molecule has 0 saturated heterocycles. The molecular formula is C25H22FN3O2. The standard InChI is InChI=1S/C25H22FN3O2/c1-29(25(27)28-24(30)20-9-13-21(26)14-10-20)23(17-8-18-6-4-3-5-7-18)19-11-15-22(31-2)16-12-19/h3-7,9-16,23H,1-2H3,(H2,27,28,30). The van der Waals surface area contributed by atoms with Crippen LogP contribution in [0.15, 0.2) is 78.9 Å². The van der Waals surface area contributed by atoms with Gasteiger partial charge in [0, 0.05) is 18.2 Å². The van der Waals surface area contributed by atoms with Crippen LogP contribution in [0.25, 0.3) is 0 Å². The van der Waals surface area contributed by atoms with Crippen LogP contribution in [0.2, 0.25) is 0 Å². The van der Waals surface area contributed by atoms with E-state index in [1.807, 2.05) is 54.6 Å². The molecule has 0 heterocycles. The van der Waals surface area contributed by atoms with E-state index in [9.17, 15) is 9.18 Å². The summed E-state index contributed by atoms with van der Waals surface area (Å²) in [6.07, 6.45) is 0. The minimum atomic E-state index is -0.499. The van der Waals surface area contributed by atoms with Crippen LogP contribution < -0.4 is 10.1 Å². The SMILES string of the molecule is COc1ccc(C(C#Cc2ccccc2)N(C)C(=N)NC(=O)c2ccc(F)cc2)cc1. The zero-order valence-electron chi connectivity index (χ0n) is 17.2. The molecule has 6 heteroatoms. The number of rotatable bonds is 4. The van der Waals surface area contributed by atoms with E-state index >= 15 is 0 Å².